The van der Waals surface area contributed by atoms with E-state index in [-0.39, 0.29) is 13.2 Å². The first-order valence-electron chi connectivity index (χ1n) is 11.2. The molecule has 0 saturated carbocycles. The molecule has 0 aliphatic rings. The van der Waals surface area contributed by atoms with Gasteiger partial charge in [0.2, 0.25) is 0 Å². The quantitative estimate of drug-likeness (QED) is 0.311. The van der Waals surface area contributed by atoms with Crippen molar-refractivity contribution >= 4 is 0 Å². The van der Waals surface area contributed by atoms with Crippen molar-refractivity contribution in [3.63, 3.8) is 0 Å². The van der Waals surface area contributed by atoms with E-state index in [4.69, 9.17) is 24.4 Å². The molecule has 0 aromatic carbocycles. The largest absolute Gasteiger partial charge is 0.394 e. The number of unbranched alkanes of at least 4 members (excludes halogenated alkanes) is 4. The summed E-state index contributed by atoms with van der Waals surface area (Å²) < 4.78 is 16.0. The molecule has 2 N–H and O–H groups in total. The van der Waals surface area contributed by atoms with Gasteiger partial charge in [0.1, 0.15) is 0 Å². The van der Waals surface area contributed by atoms with Crippen LogP contribution in [0, 0.1) is 0 Å². The molecule has 0 bridgehead atoms. The van der Waals surface area contributed by atoms with Crippen molar-refractivity contribution in [2.45, 2.75) is 104 Å². The summed E-state index contributed by atoms with van der Waals surface area (Å²) in [5.41, 5.74) is 0. The van der Waals surface area contributed by atoms with E-state index in [1.54, 1.807) is 0 Å². The number of aliphatic hydroxyl groups is 2. The molecular weight excluding hydrogens is 344 g/mol. The van der Waals surface area contributed by atoms with E-state index in [1.165, 1.54) is 64.2 Å². The van der Waals surface area contributed by atoms with E-state index in [1.807, 2.05) is 0 Å². The van der Waals surface area contributed by atoms with Crippen LogP contribution in [0.25, 0.3) is 0 Å². The number of rotatable bonds is 19. The zero-order valence-corrected chi connectivity index (χ0v) is 18.6. The number of aliphatic hydroxyl groups excluding tert-OH is 2. The Labute approximate surface area is 168 Å². The Morgan fingerprint density at radius 1 is 0.593 bits per heavy atom. The van der Waals surface area contributed by atoms with Crippen LogP contribution in [0.3, 0.4) is 0 Å². The molecule has 5 heteroatoms. The molecule has 0 amide bonds. The third-order valence-corrected chi connectivity index (χ3v) is 4.40. The van der Waals surface area contributed by atoms with Gasteiger partial charge in [-0.25, -0.2) is 0 Å². The predicted octanol–water partition coefficient (Wildman–Crippen LogP) is 4.73. The molecule has 2 unspecified atom stereocenters. The molecule has 2 atom stereocenters. The first kappa shape index (κ1) is 29.0. The molecule has 0 aromatic rings. The fraction of sp³-hybridized carbons (Fsp3) is 1.00. The molecule has 0 aliphatic heterocycles. The van der Waals surface area contributed by atoms with Gasteiger partial charge in [-0.05, 0) is 25.7 Å². The lowest BCUT2D eigenvalue weighted by atomic mass is 10.1. The monoisotopic (exact) mass is 392 g/mol. The van der Waals surface area contributed by atoms with E-state index in [0.717, 1.165) is 0 Å². The molecule has 0 rings (SSSR count). The van der Waals surface area contributed by atoms with Gasteiger partial charge in [-0.15, -0.1) is 0 Å². The predicted molar refractivity (Wildman–Crippen MR) is 113 cm³/mol. The van der Waals surface area contributed by atoms with Crippen LogP contribution in [0.1, 0.15) is 91.9 Å². The fourth-order valence-electron chi connectivity index (χ4n) is 2.70. The molecule has 0 spiro atoms. The maximum Gasteiger partial charge on any atom is 0.0701 e. The van der Waals surface area contributed by atoms with E-state index < -0.39 is 0 Å². The van der Waals surface area contributed by atoms with Crippen molar-refractivity contribution in [3.05, 3.63) is 0 Å². The first-order valence-corrected chi connectivity index (χ1v) is 11.2. The van der Waals surface area contributed by atoms with Crippen LogP contribution in [0.15, 0.2) is 0 Å². The Hall–Kier alpha value is -0.200. The highest BCUT2D eigenvalue weighted by Gasteiger charge is 2.13. The van der Waals surface area contributed by atoms with Crippen LogP contribution >= 0.6 is 0 Å². The third kappa shape index (κ3) is 23.8. The van der Waals surface area contributed by atoms with Crippen molar-refractivity contribution in [1.29, 1.82) is 0 Å². The summed E-state index contributed by atoms with van der Waals surface area (Å²) in [7, 11) is 0. The standard InChI is InChI=1S/C16H34O.C6H14O4/c1-5-9-11-13-15(7-3)17-16(8-4)14-12-10-6-2;7-1-3-9-5-6-10-4-2-8/h15-16H,5-14H2,1-4H3;7-8H,1-6H2. The molecule has 5 nitrogen and oxygen atoms in total. The number of hydrogen-bond acceptors (Lipinski definition) is 5. The Kier molecular flexibility index (Phi) is 27.7. The topological polar surface area (TPSA) is 68.2 Å². The second-order valence-corrected chi connectivity index (χ2v) is 6.86. The molecule has 0 saturated heterocycles. The summed E-state index contributed by atoms with van der Waals surface area (Å²) in [6.07, 6.45) is 13.9. The van der Waals surface area contributed by atoms with Gasteiger partial charge in [-0.2, -0.15) is 0 Å². The fourth-order valence-corrected chi connectivity index (χ4v) is 2.70. The zero-order chi connectivity index (χ0) is 20.6. The minimum Gasteiger partial charge on any atom is -0.394 e. The van der Waals surface area contributed by atoms with Crippen molar-refractivity contribution in [2.24, 2.45) is 0 Å². The molecule has 0 heterocycles. The molecule has 0 aromatic heterocycles. The Bertz CT molecular complexity index is 227. The van der Waals surface area contributed by atoms with Gasteiger partial charge in [0.15, 0.2) is 0 Å². The summed E-state index contributed by atoms with van der Waals surface area (Å²) in [4.78, 5) is 0. The van der Waals surface area contributed by atoms with E-state index >= 15 is 0 Å². The van der Waals surface area contributed by atoms with Crippen molar-refractivity contribution in [1.82, 2.24) is 0 Å². The Morgan fingerprint density at radius 2 is 1.00 bits per heavy atom. The van der Waals surface area contributed by atoms with Gasteiger partial charge in [0.05, 0.1) is 51.8 Å². The van der Waals surface area contributed by atoms with Crippen molar-refractivity contribution in [2.75, 3.05) is 39.6 Å². The summed E-state index contributed by atoms with van der Waals surface area (Å²) in [5, 5.41) is 16.5. The third-order valence-electron chi connectivity index (χ3n) is 4.40. The summed E-state index contributed by atoms with van der Waals surface area (Å²) in [6.45, 7) is 10.8. The molecule has 166 valence electrons. The van der Waals surface area contributed by atoms with Gasteiger partial charge in [-0.1, -0.05) is 66.2 Å². The summed E-state index contributed by atoms with van der Waals surface area (Å²) in [5.74, 6) is 0. The van der Waals surface area contributed by atoms with Crippen LogP contribution < -0.4 is 0 Å². The lowest BCUT2D eigenvalue weighted by Crippen LogP contribution is -2.21. The SMILES string of the molecule is CCCCCC(CC)OC(CC)CCCCC.OCCOCCOCCO. The normalized spacial score (nSPS) is 13.1. The van der Waals surface area contributed by atoms with Crippen LogP contribution in [-0.4, -0.2) is 62.1 Å². The van der Waals surface area contributed by atoms with Crippen LogP contribution in [-0.2, 0) is 14.2 Å². The van der Waals surface area contributed by atoms with E-state index in [9.17, 15) is 0 Å². The van der Waals surface area contributed by atoms with Gasteiger partial charge >= 0.3 is 0 Å². The smallest absolute Gasteiger partial charge is 0.0701 e. The van der Waals surface area contributed by atoms with Gasteiger partial charge in [0.25, 0.3) is 0 Å². The van der Waals surface area contributed by atoms with Gasteiger partial charge < -0.3 is 24.4 Å². The lowest BCUT2D eigenvalue weighted by molar-refractivity contribution is -0.0256. The van der Waals surface area contributed by atoms with Gasteiger partial charge in [-0.3, -0.25) is 0 Å². The molecule has 0 radical (unpaired) electrons. The van der Waals surface area contributed by atoms with E-state index in [2.05, 4.69) is 27.7 Å². The minimum absolute atomic E-state index is 0.0417. The first-order chi connectivity index (χ1) is 13.2. The summed E-state index contributed by atoms with van der Waals surface area (Å²) >= 11 is 0. The number of ether oxygens (including phenoxy) is 3. The van der Waals surface area contributed by atoms with Crippen LogP contribution in [0.2, 0.25) is 0 Å². The molecule has 27 heavy (non-hydrogen) atoms. The zero-order valence-electron chi connectivity index (χ0n) is 18.6. The van der Waals surface area contributed by atoms with Crippen LogP contribution in [0.4, 0.5) is 0 Å². The van der Waals surface area contributed by atoms with Crippen LogP contribution in [0.5, 0.6) is 0 Å². The lowest BCUT2D eigenvalue weighted by Gasteiger charge is -2.23. The van der Waals surface area contributed by atoms with E-state index in [0.29, 0.717) is 38.6 Å². The maximum atomic E-state index is 8.26. The highest BCUT2D eigenvalue weighted by molar-refractivity contribution is 4.62. The Balaban J connectivity index is 0. The molecular formula is C22H48O5. The minimum atomic E-state index is 0.0417. The van der Waals surface area contributed by atoms with Gasteiger partial charge in [0, 0.05) is 0 Å². The number of hydrogen-bond donors (Lipinski definition) is 2. The average molecular weight is 393 g/mol. The second-order valence-electron chi connectivity index (χ2n) is 6.86. The molecule has 0 fully saturated rings. The summed E-state index contributed by atoms with van der Waals surface area (Å²) in [6, 6.07) is 0. The highest BCUT2D eigenvalue weighted by Crippen LogP contribution is 2.17. The van der Waals surface area contributed by atoms with Crippen molar-refractivity contribution < 1.29 is 24.4 Å². The second kappa shape index (κ2) is 25.8. The Morgan fingerprint density at radius 3 is 1.30 bits per heavy atom. The molecule has 0 aliphatic carbocycles. The van der Waals surface area contributed by atoms with Crippen molar-refractivity contribution in [3.8, 4) is 0 Å². The average Bonchev–Trinajstić information content (AvgIpc) is 2.69. The highest BCUT2D eigenvalue weighted by atomic mass is 16.5. The maximum absolute atomic E-state index is 8.26.